The Balaban J connectivity index is 1.89. The van der Waals surface area contributed by atoms with E-state index in [0.29, 0.717) is 17.5 Å². The second-order valence-electron chi connectivity index (χ2n) is 5.69. The van der Waals surface area contributed by atoms with Crippen LogP contribution in [0.2, 0.25) is 0 Å². The molecule has 0 saturated carbocycles. The van der Waals surface area contributed by atoms with E-state index in [4.69, 9.17) is 9.47 Å². The van der Waals surface area contributed by atoms with Crippen LogP contribution in [-0.2, 0) is 13.2 Å². The monoisotopic (exact) mass is 392 g/mol. The minimum absolute atomic E-state index is 0.0456. The second kappa shape index (κ2) is 8.07. The van der Waals surface area contributed by atoms with Crippen LogP contribution >= 0.6 is 0 Å². The van der Waals surface area contributed by atoms with Crippen LogP contribution in [0.5, 0.6) is 11.5 Å². The average molecular weight is 392 g/mol. The van der Waals surface area contributed by atoms with E-state index >= 15 is 0 Å². The number of aldehydes is 1. The zero-order valence-corrected chi connectivity index (χ0v) is 14.7. The number of pyridine rings is 2. The molecule has 3 rings (SSSR count). The number of carbonyl (C=O) groups is 1. The van der Waals surface area contributed by atoms with Crippen LogP contribution < -0.4 is 9.47 Å². The molecule has 0 spiro atoms. The number of rotatable bonds is 7. The number of ether oxygens (including phenoxy) is 2. The third-order valence-electron chi connectivity index (χ3n) is 3.83. The van der Waals surface area contributed by atoms with Gasteiger partial charge in [0.25, 0.3) is 0 Å². The maximum atomic E-state index is 12.8. The summed E-state index contributed by atoms with van der Waals surface area (Å²) in [7, 11) is 1.40. The molecule has 0 unspecified atom stereocenters. The van der Waals surface area contributed by atoms with E-state index in [0.717, 1.165) is 10.9 Å². The molecule has 0 radical (unpaired) electrons. The van der Waals surface area contributed by atoms with Gasteiger partial charge in [-0.3, -0.25) is 14.8 Å². The Bertz CT molecular complexity index is 973. The molecule has 0 fully saturated rings. The van der Waals surface area contributed by atoms with E-state index in [-0.39, 0.29) is 29.4 Å². The fourth-order valence-corrected chi connectivity index (χ4v) is 2.61. The van der Waals surface area contributed by atoms with E-state index in [1.54, 1.807) is 12.1 Å². The molecule has 0 amide bonds. The highest BCUT2D eigenvalue weighted by molar-refractivity contribution is 5.83. The molecule has 146 valence electrons. The summed E-state index contributed by atoms with van der Waals surface area (Å²) in [5.41, 5.74) is 1.21. The molecule has 3 aromatic heterocycles. The lowest BCUT2D eigenvalue weighted by Gasteiger charge is -2.14. The molecule has 28 heavy (non-hydrogen) atoms. The normalized spacial score (nSPS) is 11.3. The van der Waals surface area contributed by atoms with Crippen molar-refractivity contribution in [2.45, 2.75) is 19.3 Å². The molecule has 3 heterocycles. The lowest BCUT2D eigenvalue weighted by Crippen LogP contribution is -2.18. The highest BCUT2D eigenvalue weighted by Gasteiger charge is 2.29. The fraction of sp³-hybridized carbons (Fsp3) is 0.222. The van der Waals surface area contributed by atoms with Crippen molar-refractivity contribution in [2.24, 2.45) is 0 Å². The summed E-state index contributed by atoms with van der Waals surface area (Å²) >= 11 is 0. The smallest absolute Gasteiger partial charge is 0.406 e. The summed E-state index contributed by atoms with van der Waals surface area (Å²) in [6.07, 6.45) is 2.79. The first-order chi connectivity index (χ1) is 13.4. The van der Waals surface area contributed by atoms with Gasteiger partial charge in [0.2, 0.25) is 0 Å². The summed E-state index contributed by atoms with van der Waals surface area (Å²) in [6.45, 7) is -1.23. The van der Waals surface area contributed by atoms with Gasteiger partial charge in [0.05, 0.1) is 43.4 Å². The van der Waals surface area contributed by atoms with Crippen molar-refractivity contribution in [2.75, 3.05) is 7.11 Å². The van der Waals surface area contributed by atoms with Crippen molar-refractivity contribution in [1.82, 2.24) is 19.5 Å². The quantitative estimate of drug-likeness (QED) is 0.574. The second-order valence-corrected chi connectivity index (χ2v) is 5.69. The molecule has 7 nitrogen and oxygen atoms in total. The number of alkyl halides is 3. The molecule has 0 aromatic carbocycles. The highest BCUT2D eigenvalue weighted by atomic mass is 19.4. The van der Waals surface area contributed by atoms with Crippen molar-refractivity contribution in [3.05, 3.63) is 54.4 Å². The molecule has 3 aromatic rings. The highest BCUT2D eigenvalue weighted by Crippen LogP contribution is 2.28. The zero-order valence-electron chi connectivity index (χ0n) is 14.7. The number of carbonyl (C=O) groups excluding carboxylic acids is 1. The van der Waals surface area contributed by atoms with Gasteiger partial charge >= 0.3 is 6.18 Å². The number of methoxy groups -OCH3 is 1. The Hall–Kier alpha value is -3.43. The maximum absolute atomic E-state index is 12.8. The van der Waals surface area contributed by atoms with Gasteiger partial charge < -0.3 is 14.0 Å². The van der Waals surface area contributed by atoms with E-state index in [2.05, 4.69) is 15.0 Å². The first kappa shape index (κ1) is 19.3. The van der Waals surface area contributed by atoms with Gasteiger partial charge in [-0.15, -0.1) is 0 Å². The maximum Gasteiger partial charge on any atom is 0.406 e. The molecule has 0 aliphatic carbocycles. The first-order valence-electron chi connectivity index (χ1n) is 8.04. The number of nitrogens with zero attached hydrogens (tertiary/aromatic N) is 4. The third kappa shape index (κ3) is 4.27. The minimum atomic E-state index is -4.40. The van der Waals surface area contributed by atoms with Crippen LogP contribution in [0.25, 0.3) is 11.4 Å². The van der Waals surface area contributed by atoms with Crippen LogP contribution in [0.1, 0.15) is 15.9 Å². The standard InChI is InChI=1S/C18H15F3N4O3/c1-27-15-6-22-7-16(13(15)8-26)28-9-12-3-2-4-24-17(12)14-5-23-11-25(14)10-18(19,20)21/h2-8,11H,9-10H2,1H3. The van der Waals surface area contributed by atoms with Crippen molar-refractivity contribution < 1.29 is 27.4 Å². The lowest BCUT2D eigenvalue weighted by atomic mass is 10.1. The van der Waals surface area contributed by atoms with Gasteiger partial charge in [-0.1, -0.05) is 6.07 Å². The van der Waals surface area contributed by atoms with Crippen LogP contribution in [0.3, 0.4) is 0 Å². The van der Waals surface area contributed by atoms with Crippen LogP contribution in [0.15, 0.2) is 43.2 Å². The Morgan fingerprint density at radius 2 is 1.96 bits per heavy atom. The molecular formula is C18H15F3N4O3. The summed E-state index contributed by atoms with van der Waals surface area (Å²) in [4.78, 5) is 23.3. The van der Waals surface area contributed by atoms with Gasteiger partial charge in [0.15, 0.2) is 17.8 Å². The van der Waals surface area contributed by atoms with Crippen LogP contribution in [0, 0.1) is 0 Å². The number of hydrogen-bond donors (Lipinski definition) is 0. The number of imidazole rings is 1. The Morgan fingerprint density at radius 3 is 2.68 bits per heavy atom. The first-order valence-corrected chi connectivity index (χ1v) is 8.04. The summed E-state index contributed by atoms with van der Waals surface area (Å²) in [6, 6.07) is 3.30. The summed E-state index contributed by atoms with van der Waals surface area (Å²) in [5, 5.41) is 0. The van der Waals surface area contributed by atoms with Gasteiger partial charge in [-0.25, -0.2) is 4.98 Å². The number of hydrogen-bond acceptors (Lipinski definition) is 6. The lowest BCUT2D eigenvalue weighted by molar-refractivity contribution is -0.140. The minimum Gasteiger partial charge on any atom is -0.494 e. The summed E-state index contributed by atoms with van der Waals surface area (Å²) < 4.78 is 50.1. The van der Waals surface area contributed by atoms with Crippen molar-refractivity contribution in [3.63, 3.8) is 0 Å². The Morgan fingerprint density at radius 1 is 1.18 bits per heavy atom. The van der Waals surface area contributed by atoms with E-state index < -0.39 is 12.7 Å². The molecule has 0 aliphatic rings. The number of halogens is 3. The van der Waals surface area contributed by atoms with Gasteiger partial charge in [0, 0.05) is 11.8 Å². The van der Waals surface area contributed by atoms with Gasteiger partial charge in [-0.05, 0) is 6.07 Å². The number of aromatic nitrogens is 4. The van der Waals surface area contributed by atoms with Gasteiger partial charge in [0.1, 0.15) is 18.7 Å². The zero-order chi connectivity index (χ0) is 20.1. The Kier molecular flexibility index (Phi) is 5.57. The molecule has 10 heteroatoms. The Labute approximate surface area is 157 Å². The molecule has 0 saturated heterocycles. The fourth-order valence-electron chi connectivity index (χ4n) is 2.61. The molecule has 0 atom stereocenters. The predicted octanol–water partition coefficient (Wildman–Crippen LogP) is 3.30. The SMILES string of the molecule is COc1cncc(OCc2cccnc2-c2cncn2CC(F)(F)F)c1C=O. The predicted molar refractivity (Wildman–Crippen MR) is 92.0 cm³/mol. The van der Waals surface area contributed by atoms with E-state index in [9.17, 15) is 18.0 Å². The summed E-state index contributed by atoms with van der Waals surface area (Å²) in [5.74, 6) is 0.440. The largest absolute Gasteiger partial charge is 0.494 e. The van der Waals surface area contributed by atoms with E-state index in [1.807, 2.05) is 0 Å². The van der Waals surface area contributed by atoms with Gasteiger partial charge in [-0.2, -0.15) is 13.2 Å². The third-order valence-corrected chi connectivity index (χ3v) is 3.83. The molecular weight excluding hydrogens is 377 g/mol. The molecule has 0 bridgehead atoms. The average Bonchev–Trinajstić information content (AvgIpc) is 3.12. The van der Waals surface area contributed by atoms with Crippen molar-refractivity contribution in [3.8, 4) is 22.9 Å². The van der Waals surface area contributed by atoms with E-state index in [1.165, 1.54) is 31.9 Å². The van der Waals surface area contributed by atoms with Crippen LogP contribution in [0.4, 0.5) is 13.2 Å². The molecule has 0 aliphatic heterocycles. The van der Waals surface area contributed by atoms with Crippen molar-refractivity contribution in [1.29, 1.82) is 0 Å². The molecule has 0 N–H and O–H groups in total. The van der Waals surface area contributed by atoms with Crippen LogP contribution in [-0.4, -0.2) is 39.1 Å². The van der Waals surface area contributed by atoms with Crippen molar-refractivity contribution >= 4 is 6.29 Å². The topological polar surface area (TPSA) is 79.1 Å².